The molecule has 0 amide bonds. The second-order valence-corrected chi connectivity index (χ2v) is 5.90. The zero-order chi connectivity index (χ0) is 14.1. The Morgan fingerprint density at radius 2 is 2.15 bits per heavy atom. The topological polar surface area (TPSA) is 57.4 Å². The number of aromatic nitrogens is 1. The molecule has 0 saturated carbocycles. The average Bonchev–Trinajstić information content (AvgIpc) is 2.91. The van der Waals surface area contributed by atoms with Crippen LogP contribution in [-0.4, -0.2) is 19.2 Å². The summed E-state index contributed by atoms with van der Waals surface area (Å²) in [5, 5.41) is 0.961. The second kappa shape index (κ2) is 5.42. The summed E-state index contributed by atoms with van der Waals surface area (Å²) < 4.78 is 10.8. The third-order valence-electron chi connectivity index (χ3n) is 3.63. The zero-order valence-electron chi connectivity index (χ0n) is 11.7. The van der Waals surface area contributed by atoms with Crippen molar-refractivity contribution in [3.05, 3.63) is 28.8 Å². The van der Waals surface area contributed by atoms with E-state index in [0.717, 1.165) is 47.0 Å². The molecule has 0 fully saturated rings. The summed E-state index contributed by atoms with van der Waals surface area (Å²) in [4.78, 5) is 5.98. The molecule has 3 rings (SSSR count). The molecule has 106 valence electrons. The fourth-order valence-corrected chi connectivity index (χ4v) is 3.79. The van der Waals surface area contributed by atoms with Crippen molar-refractivity contribution in [1.29, 1.82) is 0 Å². The van der Waals surface area contributed by atoms with Gasteiger partial charge in [-0.05, 0) is 31.4 Å². The lowest BCUT2D eigenvalue weighted by Crippen LogP contribution is -2.15. The summed E-state index contributed by atoms with van der Waals surface area (Å²) in [6.45, 7) is 0. The van der Waals surface area contributed by atoms with Crippen molar-refractivity contribution >= 4 is 11.3 Å². The summed E-state index contributed by atoms with van der Waals surface area (Å²) >= 11 is 1.67. The van der Waals surface area contributed by atoms with Crippen LogP contribution in [0.1, 0.15) is 29.5 Å². The number of ether oxygens (including phenoxy) is 2. The predicted molar refractivity (Wildman–Crippen MR) is 80.5 cm³/mol. The van der Waals surface area contributed by atoms with Gasteiger partial charge in [-0.15, -0.1) is 11.3 Å². The van der Waals surface area contributed by atoms with Crippen LogP contribution in [0.25, 0.3) is 10.6 Å². The van der Waals surface area contributed by atoms with Crippen molar-refractivity contribution < 1.29 is 9.47 Å². The summed E-state index contributed by atoms with van der Waals surface area (Å²) in [6, 6.07) is 5.98. The molecule has 1 aromatic heterocycles. The maximum Gasteiger partial charge on any atom is 0.170 e. The van der Waals surface area contributed by atoms with E-state index in [1.807, 2.05) is 18.2 Å². The first kappa shape index (κ1) is 13.4. The monoisotopic (exact) mass is 290 g/mol. The molecule has 1 aromatic carbocycles. The quantitative estimate of drug-likeness (QED) is 0.943. The Kier molecular flexibility index (Phi) is 3.63. The summed E-state index contributed by atoms with van der Waals surface area (Å²) in [7, 11) is 3.30. The maximum atomic E-state index is 6.18. The zero-order valence-corrected chi connectivity index (χ0v) is 12.5. The molecule has 2 aromatic rings. The summed E-state index contributed by atoms with van der Waals surface area (Å²) in [5.41, 5.74) is 8.30. The lowest BCUT2D eigenvalue weighted by Gasteiger charge is -2.15. The van der Waals surface area contributed by atoms with Gasteiger partial charge in [0, 0.05) is 10.9 Å². The molecule has 20 heavy (non-hydrogen) atoms. The van der Waals surface area contributed by atoms with Gasteiger partial charge in [0.2, 0.25) is 0 Å². The number of fused-ring (bicyclic) bond motifs is 1. The Hall–Kier alpha value is -1.59. The van der Waals surface area contributed by atoms with Crippen molar-refractivity contribution in [3.63, 3.8) is 0 Å². The van der Waals surface area contributed by atoms with Gasteiger partial charge in [0.1, 0.15) is 5.01 Å². The first-order valence-corrected chi connectivity index (χ1v) is 7.52. The number of hydrogen-bond acceptors (Lipinski definition) is 5. The Labute approximate surface area is 122 Å². The Morgan fingerprint density at radius 1 is 1.30 bits per heavy atom. The molecule has 1 aliphatic rings. The van der Waals surface area contributed by atoms with Crippen LogP contribution in [-0.2, 0) is 6.42 Å². The number of nitrogens with zero attached hydrogens (tertiary/aromatic N) is 1. The van der Waals surface area contributed by atoms with Crippen molar-refractivity contribution in [2.24, 2.45) is 5.73 Å². The number of rotatable bonds is 3. The largest absolute Gasteiger partial charge is 0.493 e. The van der Waals surface area contributed by atoms with Gasteiger partial charge in [-0.2, -0.15) is 0 Å². The molecule has 0 aliphatic heterocycles. The number of benzene rings is 1. The molecular formula is C15H18N2O2S. The summed E-state index contributed by atoms with van der Waals surface area (Å²) in [6.07, 6.45) is 3.18. The SMILES string of the molecule is COc1cccc(-c2nc3c(s2)C(N)CCC3)c1OC. The van der Waals surface area contributed by atoms with E-state index in [-0.39, 0.29) is 6.04 Å². The molecule has 4 nitrogen and oxygen atoms in total. The molecule has 1 aliphatic carbocycles. The molecule has 1 unspecified atom stereocenters. The van der Waals surface area contributed by atoms with E-state index in [2.05, 4.69) is 0 Å². The molecule has 5 heteroatoms. The van der Waals surface area contributed by atoms with Crippen molar-refractivity contribution in [2.45, 2.75) is 25.3 Å². The highest BCUT2D eigenvalue weighted by molar-refractivity contribution is 7.15. The van der Waals surface area contributed by atoms with Crippen LogP contribution in [0.2, 0.25) is 0 Å². The number of para-hydroxylation sites is 1. The van der Waals surface area contributed by atoms with E-state index in [1.165, 1.54) is 4.88 Å². The fourth-order valence-electron chi connectivity index (χ4n) is 2.62. The molecular weight excluding hydrogens is 272 g/mol. The number of aryl methyl sites for hydroxylation is 1. The van der Waals surface area contributed by atoms with Gasteiger partial charge in [-0.25, -0.2) is 4.98 Å². The third-order valence-corrected chi connectivity index (χ3v) is 4.89. The van der Waals surface area contributed by atoms with Crippen molar-refractivity contribution in [3.8, 4) is 22.1 Å². The van der Waals surface area contributed by atoms with E-state index in [9.17, 15) is 0 Å². The van der Waals surface area contributed by atoms with Gasteiger partial charge in [0.15, 0.2) is 11.5 Å². The first-order chi connectivity index (χ1) is 9.74. The Morgan fingerprint density at radius 3 is 2.85 bits per heavy atom. The van der Waals surface area contributed by atoms with Crippen molar-refractivity contribution in [1.82, 2.24) is 4.98 Å². The van der Waals surface area contributed by atoms with E-state index < -0.39 is 0 Å². The minimum atomic E-state index is 0.126. The van der Waals surface area contributed by atoms with Gasteiger partial charge in [-0.3, -0.25) is 0 Å². The highest BCUT2D eigenvalue weighted by Gasteiger charge is 2.23. The highest BCUT2D eigenvalue weighted by atomic mass is 32.1. The minimum absolute atomic E-state index is 0.126. The van der Waals surface area contributed by atoms with Crippen LogP contribution < -0.4 is 15.2 Å². The number of methoxy groups -OCH3 is 2. The van der Waals surface area contributed by atoms with E-state index >= 15 is 0 Å². The van der Waals surface area contributed by atoms with Crippen LogP contribution in [0, 0.1) is 0 Å². The van der Waals surface area contributed by atoms with Gasteiger partial charge >= 0.3 is 0 Å². The lowest BCUT2D eigenvalue weighted by atomic mass is 9.99. The van der Waals surface area contributed by atoms with E-state index in [1.54, 1.807) is 25.6 Å². The number of hydrogen-bond donors (Lipinski definition) is 1. The standard InChI is InChI=1S/C15H18N2O2S/c1-18-12-8-3-5-9(13(12)19-2)15-17-11-7-4-6-10(16)14(11)20-15/h3,5,8,10H,4,6-7,16H2,1-2H3. The predicted octanol–water partition coefficient (Wildman–Crippen LogP) is 3.16. The van der Waals surface area contributed by atoms with E-state index in [4.69, 9.17) is 20.2 Å². The molecule has 2 N–H and O–H groups in total. The summed E-state index contributed by atoms with van der Waals surface area (Å²) in [5.74, 6) is 1.46. The van der Waals surface area contributed by atoms with Crippen molar-refractivity contribution in [2.75, 3.05) is 14.2 Å². The molecule has 1 atom stereocenters. The van der Waals surface area contributed by atoms with Crippen LogP contribution in [0.3, 0.4) is 0 Å². The average molecular weight is 290 g/mol. The first-order valence-electron chi connectivity index (χ1n) is 6.71. The van der Waals surface area contributed by atoms with Gasteiger partial charge in [-0.1, -0.05) is 6.07 Å². The second-order valence-electron chi connectivity index (χ2n) is 4.87. The number of thiazole rings is 1. The van der Waals surface area contributed by atoms with Gasteiger partial charge < -0.3 is 15.2 Å². The molecule has 0 radical (unpaired) electrons. The van der Waals surface area contributed by atoms with Crippen LogP contribution in [0.15, 0.2) is 18.2 Å². The van der Waals surface area contributed by atoms with Crippen LogP contribution in [0.4, 0.5) is 0 Å². The Balaban J connectivity index is 2.10. The number of nitrogens with two attached hydrogens (primary N) is 1. The van der Waals surface area contributed by atoms with E-state index in [0.29, 0.717) is 0 Å². The Bertz CT molecular complexity index is 624. The smallest absolute Gasteiger partial charge is 0.170 e. The van der Waals surface area contributed by atoms with Gasteiger partial charge in [0.25, 0.3) is 0 Å². The lowest BCUT2D eigenvalue weighted by molar-refractivity contribution is 0.356. The molecule has 0 spiro atoms. The third kappa shape index (κ3) is 2.17. The van der Waals surface area contributed by atoms with Crippen LogP contribution in [0.5, 0.6) is 11.5 Å². The fraction of sp³-hybridized carbons (Fsp3) is 0.400. The molecule has 0 bridgehead atoms. The maximum absolute atomic E-state index is 6.18. The molecule has 1 heterocycles. The van der Waals surface area contributed by atoms with Gasteiger partial charge in [0.05, 0.1) is 25.5 Å². The normalized spacial score (nSPS) is 17.6. The van der Waals surface area contributed by atoms with Crippen LogP contribution >= 0.6 is 11.3 Å². The highest BCUT2D eigenvalue weighted by Crippen LogP contribution is 2.42. The minimum Gasteiger partial charge on any atom is -0.493 e. The molecule has 0 saturated heterocycles.